The quantitative estimate of drug-likeness (QED) is 0.629. The van der Waals surface area contributed by atoms with Crippen molar-refractivity contribution in [3.8, 4) is 12.4 Å². The highest BCUT2D eigenvalue weighted by Gasteiger charge is 2.62. The summed E-state index contributed by atoms with van der Waals surface area (Å²) in [5.41, 5.74) is 4.47. The highest BCUT2D eigenvalue weighted by atomic mass is 16.5. The third kappa shape index (κ3) is 3.30. The number of aromatic nitrogens is 4. The van der Waals surface area contributed by atoms with E-state index in [4.69, 9.17) is 10.00 Å². The number of hydrogen-bond donors (Lipinski definition) is 0. The van der Waals surface area contributed by atoms with Crippen LogP contribution >= 0.6 is 0 Å². The van der Waals surface area contributed by atoms with Crippen molar-refractivity contribution < 1.29 is 4.74 Å². The van der Waals surface area contributed by atoms with Crippen LogP contribution in [0.4, 0.5) is 0 Å². The maximum atomic E-state index is 6.50. The summed E-state index contributed by atoms with van der Waals surface area (Å²) in [6.07, 6.45) is 10.2. The highest BCUT2D eigenvalue weighted by molar-refractivity contribution is 5.81. The van der Waals surface area contributed by atoms with Crippen molar-refractivity contribution in [2.24, 2.45) is 5.41 Å². The van der Waals surface area contributed by atoms with E-state index in [0.717, 1.165) is 56.6 Å². The van der Waals surface area contributed by atoms with E-state index >= 15 is 0 Å². The molecule has 0 amide bonds. The number of likely N-dealkylation sites (tertiary alicyclic amines) is 1. The number of benzene rings is 1. The summed E-state index contributed by atoms with van der Waals surface area (Å²) in [6.45, 7) is 7.57. The molecule has 32 heavy (non-hydrogen) atoms. The standard InChI is InChI=1S/C24H27N5O.CHN/c1-2-18-12-27-29(22(18)9-17(1)20-11-24(20)5-6-24)23-10-21(25-15-26-23)16-3-7-28(8-4-16)19-13-30-14-19;1-2/h1-2,9-10,12,15-16,19-20H,3-8,11,13-14H2;1H. The Labute approximate surface area is 188 Å². The first-order chi connectivity index (χ1) is 15.8. The van der Waals surface area contributed by atoms with Crippen molar-refractivity contribution in [1.29, 1.82) is 5.26 Å². The zero-order valence-electron chi connectivity index (χ0n) is 18.2. The molecule has 2 saturated carbocycles. The molecule has 164 valence electrons. The summed E-state index contributed by atoms with van der Waals surface area (Å²) >= 11 is 0. The molecule has 2 saturated heterocycles. The van der Waals surface area contributed by atoms with E-state index in [-0.39, 0.29) is 0 Å². The molecular weight excluding hydrogens is 400 g/mol. The molecule has 4 heterocycles. The van der Waals surface area contributed by atoms with Gasteiger partial charge in [0.25, 0.3) is 0 Å². The Morgan fingerprint density at radius 2 is 1.88 bits per heavy atom. The molecule has 1 atom stereocenters. The first-order valence-electron chi connectivity index (χ1n) is 11.7. The maximum absolute atomic E-state index is 6.50. The van der Waals surface area contributed by atoms with Gasteiger partial charge in [-0.1, -0.05) is 12.1 Å². The summed E-state index contributed by atoms with van der Waals surface area (Å²) in [5.74, 6) is 2.15. The zero-order valence-corrected chi connectivity index (χ0v) is 18.2. The van der Waals surface area contributed by atoms with Gasteiger partial charge in [0.2, 0.25) is 0 Å². The molecule has 4 fully saturated rings. The number of hydrogen-bond acceptors (Lipinski definition) is 6. The predicted molar refractivity (Wildman–Crippen MR) is 121 cm³/mol. The number of nitriles is 1. The second-order valence-electron chi connectivity index (χ2n) is 9.80. The van der Waals surface area contributed by atoms with Gasteiger partial charge < -0.3 is 4.74 Å². The Bertz CT molecular complexity index is 1150. The van der Waals surface area contributed by atoms with E-state index in [1.807, 2.05) is 10.9 Å². The lowest BCUT2D eigenvalue weighted by molar-refractivity contribution is -0.0713. The topological polar surface area (TPSA) is 79.9 Å². The summed E-state index contributed by atoms with van der Waals surface area (Å²) < 4.78 is 7.37. The Hall–Kier alpha value is -2.82. The number of fused-ring (bicyclic) bond motifs is 1. The molecule has 7 rings (SSSR count). The molecule has 0 bridgehead atoms. The fourth-order valence-electron chi connectivity index (χ4n) is 5.66. The Balaban J connectivity index is 0.000000953. The molecule has 1 aromatic carbocycles. The SMILES string of the molecule is C#N.c1nc(C2CCN(C3COC3)CC2)cc(-n2ncc3ccc(C4CC45CC5)cc32)n1. The van der Waals surface area contributed by atoms with Crippen LogP contribution < -0.4 is 0 Å². The molecule has 1 spiro atoms. The van der Waals surface area contributed by atoms with Crippen molar-refractivity contribution in [3.05, 3.63) is 48.0 Å². The van der Waals surface area contributed by atoms with E-state index in [1.165, 1.54) is 35.7 Å². The molecule has 2 aliphatic heterocycles. The summed E-state index contributed by atoms with van der Waals surface area (Å²) in [4.78, 5) is 11.8. The van der Waals surface area contributed by atoms with Gasteiger partial charge in [0, 0.05) is 29.6 Å². The first-order valence-corrected chi connectivity index (χ1v) is 11.7. The van der Waals surface area contributed by atoms with Crippen LogP contribution in [0.2, 0.25) is 0 Å². The summed E-state index contributed by atoms with van der Waals surface area (Å²) in [7, 11) is 0. The number of piperidine rings is 1. The maximum Gasteiger partial charge on any atom is 0.157 e. The average molecular weight is 429 g/mol. The molecule has 0 N–H and O–H groups in total. The van der Waals surface area contributed by atoms with Gasteiger partial charge in [-0.3, -0.25) is 4.90 Å². The van der Waals surface area contributed by atoms with E-state index in [9.17, 15) is 0 Å². The predicted octanol–water partition coefficient (Wildman–Crippen LogP) is 3.80. The van der Waals surface area contributed by atoms with Crippen molar-refractivity contribution in [3.63, 3.8) is 0 Å². The van der Waals surface area contributed by atoms with E-state index in [0.29, 0.717) is 17.4 Å². The monoisotopic (exact) mass is 428 g/mol. The second kappa shape index (κ2) is 7.65. The number of nitrogens with zero attached hydrogens (tertiary/aromatic N) is 6. The smallest absolute Gasteiger partial charge is 0.157 e. The molecule has 0 radical (unpaired) electrons. The Morgan fingerprint density at radius 3 is 2.56 bits per heavy atom. The van der Waals surface area contributed by atoms with Crippen LogP contribution in [-0.2, 0) is 4.74 Å². The first kappa shape index (κ1) is 19.8. The lowest BCUT2D eigenvalue weighted by Gasteiger charge is -2.41. The summed E-state index contributed by atoms with van der Waals surface area (Å²) in [6, 6.07) is 9.67. The van der Waals surface area contributed by atoms with E-state index in [2.05, 4.69) is 50.8 Å². The van der Waals surface area contributed by atoms with Crippen LogP contribution in [0.5, 0.6) is 0 Å². The van der Waals surface area contributed by atoms with Crippen LogP contribution in [0, 0.1) is 17.2 Å². The second-order valence-corrected chi connectivity index (χ2v) is 9.80. The van der Waals surface area contributed by atoms with Gasteiger partial charge in [-0.15, -0.1) is 0 Å². The molecule has 3 aromatic rings. The van der Waals surface area contributed by atoms with Gasteiger partial charge in [0.15, 0.2) is 5.82 Å². The van der Waals surface area contributed by atoms with Crippen molar-refractivity contribution in [2.45, 2.75) is 50.0 Å². The van der Waals surface area contributed by atoms with Gasteiger partial charge in [-0.25, -0.2) is 19.9 Å². The van der Waals surface area contributed by atoms with Gasteiger partial charge >= 0.3 is 0 Å². The fraction of sp³-hybridized carbons (Fsp3) is 0.520. The minimum absolute atomic E-state index is 0.502. The average Bonchev–Trinajstić information content (AvgIpc) is 3.71. The lowest BCUT2D eigenvalue weighted by atomic mass is 9.92. The van der Waals surface area contributed by atoms with Crippen LogP contribution in [0.3, 0.4) is 0 Å². The summed E-state index contributed by atoms with van der Waals surface area (Å²) in [5, 5.41) is 12.4. The van der Waals surface area contributed by atoms with Crippen molar-refractivity contribution >= 4 is 10.9 Å². The van der Waals surface area contributed by atoms with Gasteiger partial charge in [-0.05, 0) is 68.2 Å². The molecule has 1 unspecified atom stereocenters. The Morgan fingerprint density at radius 1 is 1.06 bits per heavy atom. The van der Waals surface area contributed by atoms with Crippen LogP contribution in [-0.4, -0.2) is 57.0 Å². The zero-order chi connectivity index (χ0) is 21.7. The minimum Gasteiger partial charge on any atom is -0.378 e. The van der Waals surface area contributed by atoms with Gasteiger partial charge in [0.05, 0.1) is 31.0 Å². The van der Waals surface area contributed by atoms with E-state index in [1.54, 1.807) is 6.33 Å². The Kier molecular flexibility index (Phi) is 4.74. The molecule has 4 aliphatic rings. The number of ether oxygens (including phenoxy) is 1. The number of rotatable bonds is 4. The van der Waals surface area contributed by atoms with Crippen molar-refractivity contribution in [1.82, 2.24) is 24.6 Å². The highest BCUT2D eigenvalue weighted by Crippen LogP contribution is 2.75. The van der Waals surface area contributed by atoms with Crippen LogP contribution in [0.25, 0.3) is 16.7 Å². The fourth-order valence-corrected chi connectivity index (χ4v) is 5.66. The third-order valence-electron chi connectivity index (χ3n) is 8.05. The van der Waals surface area contributed by atoms with Crippen molar-refractivity contribution in [2.75, 3.05) is 26.3 Å². The third-order valence-corrected chi connectivity index (χ3v) is 8.05. The van der Waals surface area contributed by atoms with Gasteiger partial charge in [0.1, 0.15) is 6.33 Å². The molecule has 2 aliphatic carbocycles. The molecule has 2 aromatic heterocycles. The largest absolute Gasteiger partial charge is 0.378 e. The van der Waals surface area contributed by atoms with Gasteiger partial charge in [-0.2, -0.15) is 5.10 Å². The lowest BCUT2D eigenvalue weighted by Crippen LogP contribution is -2.51. The van der Waals surface area contributed by atoms with Crippen LogP contribution in [0.1, 0.15) is 55.2 Å². The normalized spacial score (nSPS) is 24.6. The minimum atomic E-state index is 0.502. The molecule has 7 nitrogen and oxygen atoms in total. The molecule has 7 heteroatoms. The molecular formula is C25H28N6O. The van der Waals surface area contributed by atoms with Crippen LogP contribution in [0.15, 0.2) is 36.8 Å². The van der Waals surface area contributed by atoms with E-state index < -0.39 is 0 Å².